The van der Waals surface area contributed by atoms with Crippen molar-refractivity contribution < 1.29 is 10.2 Å². The minimum atomic E-state index is -0.0708. The van der Waals surface area contributed by atoms with E-state index in [2.05, 4.69) is 20.8 Å². The smallest absolute Gasteiger partial charge is 0.0566 e. The highest BCUT2D eigenvalue weighted by atomic mass is 16.3. The molecule has 0 aromatic carbocycles. The first-order chi connectivity index (χ1) is 11.5. The molecule has 0 aromatic heterocycles. The second-order valence-corrected chi connectivity index (χ2v) is 9.10. The molecule has 0 spiro atoms. The van der Waals surface area contributed by atoms with Gasteiger partial charge in [-0.1, -0.05) is 52.9 Å². The molecule has 2 aliphatic rings. The van der Waals surface area contributed by atoms with Crippen LogP contribution in [-0.2, 0) is 0 Å². The van der Waals surface area contributed by atoms with Crippen molar-refractivity contribution in [2.24, 2.45) is 29.6 Å². The first kappa shape index (κ1) is 20.2. The Morgan fingerprint density at radius 3 is 1.71 bits per heavy atom. The van der Waals surface area contributed by atoms with Crippen molar-refractivity contribution in [3.63, 3.8) is 0 Å². The quantitative estimate of drug-likeness (QED) is 0.569. The monoisotopic (exact) mass is 338 g/mol. The molecule has 6 atom stereocenters. The first-order valence-electron chi connectivity index (χ1n) is 10.9. The summed E-state index contributed by atoms with van der Waals surface area (Å²) in [5.74, 6) is 3.39. The van der Waals surface area contributed by atoms with E-state index in [1.165, 1.54) is 64.2 Å². The lowest BCUT2D eigenvalue weighted by Gasteiger charge is -2.43. The van der Waals surface area contributed by atoms with E-state index in [4.69, 9.17) is 0 Å². The number of rotatable bonds is 8. The Morgan fingerprint density at radius 2 is 1.25 bits per heavy atom. The van der Waals surface area contributed by atoms with Crippen LogP contribution >= 0.6 is 0 Å². The number of unbranched alkanes of at least 4 members (excludes halogenated alkanes) is 4. The normalized spacial score (nSPS) is 38.9. The molecule has 24 heavy (non-hydrogen) atoms. The Bertz CT molecular complexity index is 317. The van der Waals surface area contributed by atoms with Gasteiger partial charge in [0.2, 0.25) is 0 Å². The summed E-state index contributed by atoms with van der Waals surface area (Å²) in [4.78, 5) is 0. The second kappa shape index (κ2) is 10.2. The Hall–Kier alpha value is -0.0800. The zero-order chi connectivity index (χ0) is 17.5. The summed E-state index contributed by atoms with van der Waals surface area (Å²) < 4.78 is 0. The summed E-state index contributed by atoms with van der Waals surface area (Å²) in [6.07, 6.45) is 15.0. The Kier molecular flexibility index (Phi) is 8.57. The highest BCUT2D eigenvalue weighted by molar-refractivity contribution is 4.88. The minimum Gasteiger partial charge on any atom is -0.393 e. The zero-order valence-corrected chi connectivity index (χ0v) is 16.4. The molecule has 0 heterocycles. The predicted molar refractivity (Wildman–Crippen MR) is 102 cm³/mol. The maximum absolute atomic E-state index is 10.1. The molecule has 142 valence electrons. The first-order valence-corrected chi connectivity index (χ1v) is 10.9. The highest BCUT2D eigenvalue weighted by Crippen LogP contribution is 2.45. The van der Waals surface area contributed by atoms with E-state index in [9.17, 15) is 10.2 Å². The van der Waals surface area contributed by atoms with Crippen LogP contribution in [0.2, 0.25) is 0 Å². The van der Waals surface area contributed by atoms with Crippen molar-refractivity contribution >= 4 is 0 Å². The second-order valence-electron chi connectivity index (χ2n) is 9.10. The van der Waals surface area contributed by atoms with E-state index < -0.39 is 0 Å². The van der Waals surface area contributed by atoms with Crippen LogP contribution in [0.3, 0.4) is 0 Å². The zero-order valence-electron chi connectivity index (χ0n) is 16.4. The molecule has 2 N–H and O–H groups in total. The van der Waals surface area contributed by atoms with E-state index in [0.29, 0.717) is 11.8 Å². The van der Waals surface area contributed by atoms with Crippen molar-refractivity contribution in [1.29, 1.82) is 0 Å². The van der Waals surface area contributed by atoms with Gasteiger partial charge in [0.15, 0.2) is 0 Å². The summed E-state index contributed by atoms with van der Waals surface area (Å²) in [7, 11) is 0. The number of aliphatic hydroxyl groups is 2. The van der Waals surface area contributed by atoms with Crippen molar-refractivity contribution in [2.45, 2.75) is 110 Å². The molecule has 0 radical (unpaired) electrons. The van der Waals surface area contributed by atoms with Gasteiger partial charge in [0.1, 0.15) is 0 Å². The standard InChI is InChI=1S/C22H42O2/c1-4-5-6-7-8-9-20(18-10-12-21(23)16(2)14-18)19-11-13-22(24)17(3)15-19/h16-24H,4-15H2,1-3H3. The maximum Gasteiger partial charge on any atom is 0.0566 e. The van der Waals surface area contributed by atoms with Crippen LogP contribution in [0.15, 0.2) is 0 Å². The molecule has 2 rings (SSSR count). The van der Waals surface area contributed by atoms with Gasteiger partial charge in [-0.05, 0) is 74.5 Å². The van der Waals surface area contributed by atoms with Crippen molar-refractivity contribution in [1.82, 2.24) is 0 Å². The molecule has 0 bridgehead atoms. The van der Waals surface area contributed by atoms with Crippen LogP contribution in [-0.4, -0.2) is 22.4 Å². The fraction of sp³-hybridized carbons (Fsp3) is 1.00. The molecular weight excluding hydrogens is 296 g/mol. The third kappa shape index (κ3) is 5.73. The van der Waals surface area contributed by atoms with E-state index >= 15 is 0 Å². The average molecular weight is 339 g/mol. The van der Waals surface area contributed by atoms with Crippen LogP contribution in [0, 0.1) is 29.6 Å². The lowest BCUT2D eigenvalue weighted by Crippen LogP contribution is -2.37. The molecule has 0 saturated heterocycles. The van der Waals surface area contributed by atoms with Gasteiger partial charge in [-0.25, -0.2) is 0 Å². The maximum atomic E-state index is 10.1. The minimum absolute atomic E-state index is 0.0708. The van der Waals surface area contributed by atoms with Crippen molar-refractivity contribution in [2.75, 3.05) is 0 Å². The average Bonchev–Trinajstić information content (AvgIpc) is 2.56. The fourth-order valence-corrected chi connectivity index (χ4v) is 5.46. The van der Waals surface area contributed by atoms with Gasteiger partial charge in [0, 0.05) is 0 Å². The van der Waals surface area contributed by atoms with Gasteiger partial charge in [-0.3, -0.25) is 0 Å². The van der Waals surface area contributed by atoms with Gasteiger partial charge in [-0.15, -0.1) is 0 Å². The molecule has 6 unspecified atom stereocenters. The van der Waals surface area contributed by atoms with E-state index in [-0.39, 0.29) is 12.2 Å². The molecule has 2 nitrogen and oxygen atoms in total. The molecule has 0 aromatic rings. The van der Waals surface area contributed by atoms with Crippen LogP contribution in [0.25, 0.3) is 0 Å². The van der Waals surface area contributed by atoms with Crippen LogP contribution in [0.4, 0.5) is 0 Å². The summed E-state index contributed by atoms with van der Waals surface area (Å²) in [5.41, 5.74) is 0. The molecule has 2 saturated carbocycles. The SMILES string of the molecule is CCCCCCCC(C1CCC(O)C(C)C1)C1CCC(O)C(C)C1. The number of hydrogen-bond acceptors (Lipinski definition) is 2. The molecule has 0 aliphatic heterocycles. The summed E-state index contributed by atoms with van der Waals surface area (Å²) in [6, 6.07) is 0. The number of aliphatic hydroxyl groups excluding tert-OH is 2. The molecule has 2 fully saturated rings. The number of hydrogen-bond donors (Lipinski definition) is 2. The lowest BCUT2D eigenvalue weighted by atomic mass is 9.64. The Balaban J connectivity index is 1.93. The highest BCUT2D eigenvalue weighted by Gasteiger charge is 2.37. The van der Waals surface area contributed by atoms with Gasteiger partial charge in [0.25, 0.3) is 0 Å². The summed E-state index contributed by atoms with van der Waals surface area (Å²) in [6.45, 7) is 6.76. The molecule has 2 aliphatic carbocycles. The Labute approximate surface area is 150 Å². The van der Waals surface area contributed by atoms with Crippen molar-refractivity contribution in [3.8, 4) is 0 Å². The molecule has 2 heteroatoms. The van der Waals surface area contributed by atoms with Gasteiger partial charge >= 0.3 is 0 Å². The molecule has 0 amide bonds. The molecular formula is C22H42O2. The topological polar surface area (TPSA) is 40.5 Å². The fourth-order valence-electron chi connectivity index (χ4n) is 5.46. The van der Waals surface area contributed by atoms with E-state index in [0.717, 1.165) is 30.6 Å². The lowest BCUT2D eigenvalue weighted by molar-refractivity contribution is -0.000739. The summed E-state index contributed by atoms with van der Waals surface area (Å²) >= 11 is 0. The van der Waals surface area contributed by atoms with Gasteiger partial charge < -0.3 is 10.2 Å². The van der Waals surface area contributed by atoms with Crippen LogP contribution in [0.5, 0.6) is 0 Å². The predicted octanol–water partition coefficient (Wildman–Crippen LogP) is 5.56. The van der Waals surface area contributed by atoms with Gasteiger partial charge in [0.05, 0.1) is 12.2 Å². The van der Waals surface area contributed by atoms with Crippen LogP contribution in [0.1, 0.15) is 97.8 Å². The van der Waals surface area contributed by atoms with Gasteiger partial charge in [-0.2, -0.15) is 0 Å². The van der Waals surface area contributed by atoms with E-state index in [1.54, 1.807) is 0 Å². The Morgan fingerprint density at radius 1 is 0.750 bits per heavy atom. The van der Waals surface area contributed by atoms with Crippen LogP contribution < -0.4 is 0 Å². The largest absolute Gasteiger partial charge is 0.393 e. The third-order valence-electron chi connectivity index (χ3n) is 7.18. The third-order valence-corrected chi connectivity index (χ3v) is 7.18. The summed E-state index contributed by atoms with van der Waals surface area (Å²) in [5, 5.41) is 20.2. The van der Waals surface area contributed by atoms with E-state index in [1.807, 2.05) is 0 Å². The van der Waals surface area contributed by atoms with Crippen molar-refractivity contribution in [3.05, 3.63) is 0 Å².